The number of methoxy groups -OCH3 is 1. The second-order valence-electron chi connectivity index (χ2n) is 6.61. The number of benzene rings is 2. The van der Waals surface area contributed by atoms with Gasteiger partial charge in [0.15, 0.2) is 15.6 Å². The van der Waals surface area contributed by atoms with Gasteiger partial charge in [-0.05, 0) is 12.0 Å². The molecule has 0 aliphatic rings. The van der Waals surface area contributed by atoms with E-state index in [2.05, 4.69) is 17.2 Å². The lowest BCUT2D eigenvalue weighted by Gasteiger charge is -2.11. The summed E-state index contributed by atoms with van der Waals surface area (Å²) >= 11 is 0. The van der Waals surface area contributed by atoms with Crippen molar-refractivity contribution in [3.05, 3.63) is 53.5 Å². The van der Waals surface area contributed by atoms with Crippen molar-refractivity contribution in [3.63, 3.8) is 0 Å². The third-order valence-electron chi connectivity index (χ3n) is 4.30. The van der Waals surface area contributed by atoms with Gasteiger partial charge in [-0.1, -0.05) is 24.1 Å². The summed E-state index contributed by atoms with van der Waals surface area (Å²) in [6, 6.07) is 8.32. The molecule has 5 nitrogen and oxygen atoms in total. The minimum Gasteiger partial charge on any atom is -0.495 e. The van der Waals surface area contributed by atoms with Crippen LogP contribution in [0.5, 0.6) is 5.75 Å². The van der Waals surface area contributed by atoms with E-state index in [0.29, 0.717) is 11.0 Å². The quantitative estimate of drug-likeness (QED) is 0.452. The van der Waals surface area contributed by atoms with E-state index in [-0.39, 0.29) is 29.3 Å². The second-order valence-corrected chi connectivity index (χ2v) is 8.59. The lowest BCUT2D eigenvalue weighted by molar-refractivity contribution is -0.127. The van der Waals surface area contributed by atoms with E-state index in [0.717, 1.165) is 18.4 Å². The van der Waals surface area contributed by atoms with Crippen LogP contribution in [0.4, 0.5) is 23.2 Å². The Bertz CT molecular complexity index is 1280. The highest BCUT2D eigenvalue weighted by Crippen LogP contribution is 2.32. The average molecular weight is 455 g/mol. The Kier molecular flexibility index (Phi) is 6.18. The molecule has 0 unspecified atom stereocenters. The molecule has 1 heterocycles. The maximum Gasteiger partial charge on any atom is 0.393 e. The SMILES string of the molecule is COc1cc(S(C)(=O)=O)c(F)cc1NCC#Cc1oc2ccccc2c1CC(F)(F)F. The average Bonchev–Trinajstić information content (AvgIpc) is 3.00. The highest BCUT2D eigenvalue weighted by Gasteiger charge is 2.31. The monoisotopic (exact) mass is 455 g/mol. The lowest BCUT2D eigenvalue weighted by atomic mass is 10.1. The van der Waals surface area contributed by atoms with E-state index in [9.17, 15) is 26.0 Å². The van der Waals surface area contributed by atoms with Gasteiger partial charge in [0.2, 0.25) is 0 Å². The molecule has 0 atom stereocenters. The predicted octanol–water partition coefficient (Wildman–Crippen LogP) is 4.55. The van der Waals surface area contributed by atoms with Crippen molar-refractivity contribution in [2.24, 2.45) is 0 Å². The van der Waals surface area contributed by atoms with E-state index in [4.69, 9.17) is 9.15 Å². The number of fused-ring (bicyclic) bond motifs is 1. The number of hydrogen-bond donors (Lipinski definition) is 1. The Morgan fingerprint density at radius 1 is 1.19 bits per heavy atom. The maximum absolute atomic E-state index is 14.1. The van der Waals surface area contributed by atoms with E-state index < -0.39 is 33.1 Å². The normalized spacial score (nSPS) is 11.8. The van der Waals surface area contributed by atoms with Crippen molar-refractivity contribution < 1.29 is 35.1 Å². The molecule has 31 heavy (non-hydrogen) atoms. The van der Waals surface area contributed by atoms with Crippen LogP contribution in [0.15, 0.2) is 45.7 Å². The number of anilines is 1. The highest BCUT2D eigenvalue weighted by molar-refractivity contribution is 7.90. The fraction of sp³-hybridized carbons (Fsp3) is 0.238. The first kappa shape index (κ1) is 22.5. The summed E-state index contributed by atoms with van der Waals surface area (Å²) in [5.74, 6) is 4.21. The topological polar surface area (TPSA) is 68.5 Å². The summed E-state index contributed by atoms with van der Waals surface area (Å²) in [6.45, 7) is -0.0868. The van der Waals surface area contributed by atoms with Gasteiger partial charge in [-0.15, -0.1) is 0 Å². The number of para-hydroxylation sites is 1. The number of hydrogen-bond acceptors (Lipinski definition) is 5. The van der Waals surface area contributed by atoms with Crippen LogP contribution >= 0.6 is 0 Å². The molecule has 0 bridgehead atoms. The molecule has 0 aliphatic carbocycles. The van der Waals surface area contributed by atoms with Crippen LogP contribution in [0.25, 0.3) is 11.0 Å². The fourth-order valence-corrected chi connectivity index (χ4v) is 3.70. The second kappa shape index (κ2) is 8.51. The molecule has 0 amide bonds. The summed E-state index contributed by atoms with van der Waals surface area (Å²) in [5, 5.41) is 3.09. The van der Waals surface area contributed by atoms with E-state index >= 15 is 0 Å². The van der Waals surface area contributed by atoms with Crippen LogP contribution in [-0.2, 0) is 16.3 Å². The third kappa shape index (κ3) is 5.30. The van der Waals surface area contributed by atoms with Crippen LogP contribution < -0.4 is 10.1 Å². The molecule has 10 heteroatoms. The Morgan fingerprint density at radius 2 is 1.90 bits per heavy atom. The Hall–Kier alpha value is -3.19. The first-order valence-electron chi connectivity index (χ1n) is 8.87. The molecule has 164 valence electrons. The first-order chi connectivity index (χ1) is 14.5. The highest BCUT2D eigenvalue weighted by atomic mass is 32.2. The molecule has 0 saturated carbocycles. The van der Waals surface area contributed by atoms with Gasteiger partial charge in [0, 0.05) is 29.3 Å². The van der Waals surface area contributed by atoms with Crippen molar-refractivity contribution in [3.8, 4) is 17.6 Å². The van der Waals surface area contributed by atoms with Crippen LogP contribution in [0.1, 0.15) is 11.3 Å². The molecule has 0 fully saturated rings. The molecule has 0 spiro atoms. The van der Waals surface area contributed by atoms with Crippen molar-refractivity contribution in [1.29, 1.82) is 0 Å². The largest absolute Gasteiger partial charge is 0.495 e. The standard InChI is InChI=1S/C21H17F4NO4S/c1-29-19-11-20(31(2,27)28)15(22)10-16(19)26-9-5-8-18-14(12-21(23,24)25)13-6-3-4-7-17(13)30-18/h3-4,6-7,10-11,26H,9,12H2,1-2H3. The van der Waals surface area contributed by atoms with Crippen molar-refractivity contribution >= 4 is 26.5 Å². The fourth-order valence-electron chi connectivity index (χ4n) is 2.97. The molecule has 3 aromatic rings. The summed E-state index contributed by atoms with van der Waals surface area (Å²) < 4.78 is 86.9. The van der Waals surface area contributed by atoms with Gasteiger partial charge < -0.3 is 14.5 Å². The Morgan fingerprint density at radius 3 is 2.55 bits per heavy atom. The molecular formula is C21H17F4NO4S. The van der Waals surface area contributed by atoms with Crippen LogP contribution in [0.3, 0.4) is 0 Å². The zero-order valence-corrected chi connectivity index (χ0v) is 17.2. The number of sulfone groups is 1. The number of halogens is 4. The Balaban J connectivity index is 1.86. The maximum atomic E-state index is 14.1. The molecule has 0 saturated heterocycles. The number of alkyl halides is 3. The summed E-state index contributed by atoms with van der Waals surface area (Å²) in [6.07, 6.45) is -4.75. The number of rotatable bonds is 5. The summed E-state index contributed by atoms with van der Waals surface area (Å²) in [7, 11) is -2.51. The first-order valence-corrected chi connectivity index (χ1v) is 10.8. The van der Waals surface area contributed by atoms with Crippen LogP contribution in [0.2, 0.25) is 0 Å². The molecule has 2 aromatic carbocycles. The summed E-state index contributed by atoms with van der Waals surface area (Å²) in [5.41, 5.74) is 0.373. The van der Waals surface area contributed by atoms with Gasteiger partial charge in [-0.3, -0.25) is 0 Å². The van der Waals surface area contributed by atoms with Crippen LogP contribution in [-0.4, -0.2) is 34.5 Å². The lowest BCUT2D eigenvalue weighted by Crippen LogP contribution is -2.12. The molecular weight excluding hydrogens is 438 g/mol. The van der Waals surface area contributed by atoms with Gasteiger partial charge in [0.05, 0.1) is 25.8 Å². The van der Waals surface area contributed by atoms with Crippen molar-refractivity contribution in [2.45, 2.75) is 17.5 Å². The van der Waals surface area contributed by atoms with Gasteiger partial charge in [-0.25, -0.2) is 12.8 Å². The Labute approximate surface area is 175 Å². The van der Waals surface area contributed by atoms with Gasteiger partial charge in [-0.2, -0.15) is 13.2 Å². The number of furan rings is 1. The van der Waals surface area contributed by atoms with Crippen molar-refractivity contribution in [1.82, 2.24) is 0 Å². The van der Waals surface area contributed by atoms with Gasteiger partial charge >= 0.3 is 6.18 Å². The minimum absolute atomic E-state index is 0.0586. The zero-order valence-electron chi connectivity index (χ0n) is 16.4. The van der Waals surface area contributed by atoms with E-state index in [1.165, 1.54) is 13.2 Å². The van der Waals surface area contributed by atoms with E-state index in [1.807, 2.05) is 0 Å². The predicted molar refractivity (Wildman–Crippen MR) is 107 cm³/mol. The summed E-state index contributed by atoms with van der Waals surface area (Å²) in [4.78, 5) is -0.514. The molecule has 0 aliphatic heterocycles. The molecule has 1 aromatic heterocycles. The van der Waals surface area contributed by atoms with Gasteiger partial charge in [0.25, 0.3) is 0 Å². The van der Waals surface area contributed by atoms with Crippen molar-refractivity contribution in [2.75, 3.05) is 25.2 Å². The smallest absolute Gasteiger partial charge is 0.393 e. The van der Waals surface area contributed by atoms with E-state index in [1.54, 1.807) is 18.2 Å². The van der Waals surface area contributed by atoms with Gasteiger partial charge in [0.1, 0.15) is 22.0 Å². The number of nitrogens with one attached hydrogen (secondary N) is 1. The number of ether oxygens (including phenoxy) is 1. The molecule has 1 N–H and O–H groups in total. The third-order valence-corrected chi connectivity index (χ3v) is 5.41. The minimum atomic E-state index is -4.44. The van der Waals surface area contributed by atoms with Crippen LogP contribution in [0, 0.1) is 17.7 Å². The molecule has 3 rings (SSSR count). The zero-order chi connectivity index (χ0) is 22.8. The molecule has 0 radical (unpaired) electrons.